The summed E-state index contributed by atoms with van der Waals surface area (Å²) in [5.74, 6) is 0.538. The fourth-order valence-electron chi connectivity index (χ4n) is 3.10. The second-order valence-corrected chi connectivity index (χ2v) is 5.96. The van der Waals surface area contributed by atoms with Gasteiger partial charge in [0, 0.05) is 37.4 Å². The lowest BCUT2D eigenvalue weighted by Crippen LogP contribution is -2.47. The second kappa shape index (κ2) is 5.88. The normalized spacial score (nSPS) is 15.0. The van der Waals surface area contributed by atoms with Crippen molar-refractivity contribution in [1.29, 1.82) is 0 Å². The number of anilines is 2. The molecule has 1 aromatic heterocycles. The summed E-state index contributed by atoms with van der Waals surface area (Å²) in [7, 11) is 0. The fourth-order valence-corrected chi connectivity index (χ4v) is 3.10. The van der Waals surface area contributed by atoms with Gasteiger partial charge >= 0.3 is 0 Å². The van der Waals surface area contributed by atoms with Crippen molar-refractivity contribution in [3.05, 3.63) is 54.1 Å². The molecule has 3 aromatic rings. The Bertz CT molecular complexity index is 830. The number of fused-ring (bicyclic) bond motifs is 1. The molecule has 0 aliphatic carbocycles. The predicted molar refractivity (Wildman–Crippen MR) is 95.5 cm³/mol. The van der Waals surface area contributed by atoms with Crippen LogP contribution in [0.5, 0.6) is 0 Å². The van der Waals surface area contributed by atoms with E-state index in [0.29, 0.717) is 5.56 Å². The number of H-pyrrole nitrogens is 1. The maximum Gasteiger partial charge on any atom is 0.248 e. The van der Waals surface area contributed by atoms with Gasteiger partial charge in [0.2, 0.25) is 11.9 Å². The van der Waals surface area contributed by atoms with Gasteiger partial charge in [0.25, 0.3) is 0 Å². The minimum Gasteiger partial charge on any atom is -0.368 e. The number of nitrogens with zero attached hydrogens (tertiary/aromatic N) is 3. The Morgan fingerprint density at radius 1 is 0.958 bits per heavy atom. The highest BCUT2D eigenvalue weighted by atomic mass is 16.1. The molecule has 6 nitrogen and oxygen atoms in total. The number of imidazole rings is 1. The van der Waals surface area contributed by atoms with E-state index in [1.807, 2.05) is 36.4 Å². The number of nitrogens with one attached hydrogen (secondary N) is 1. The molecule has 0 radical (unpaired) electrons. The van der Waals surface area contributed by atoms with Crippen LogP contribution in [0, 0.1) is 0 Å². The fraction of sp³-hybridized carbons (Fsp3) is 0.222. The molecule has 1 aliphatic heterocycles. The van der Waals surface area contributed by atoms with Crippen LogP contribution in [0.25, 0.3) is 11.0 Å². The number of primary amides is 1. The highest BCUT2D eigenvalue weighted by Crippen LogP contribution is 2.21. The molecule has 24 heavy (non-hydrogen) atoms. The summed E-state index contributed by atoms with van der Waals surface area (Å²) >= 11 is 0. The van der Waals surface area contributed by atoms with E-state index in [4.69, 9.17) is 5.73 Å². The Balaban J connectivity index is 1.45. The Morgan fingerprint density at radius 3 is 2.29 bits per heavy atom. The molecule has 3 N–H and O–H groups in total. The third-order valence-corrected chi connectivity index (χ3v) is 4.47. The number of aromatic nitrogens is 2. The van der Waals surface area contributed by atoms with Gasteiger partial charge < -0.3 is 20.5 Å². The SMILES string of the molecule is NC(=O)c1ccc(N2CCN(c3nc4ccccc4[nH]3)CC2)cc1. The van der Waals surface area contributed by atoms with Gasteiger partial charge in [-0.3, -0.25) is 4.79 Å². The van der Waals surface area contributed by atoms with Crippen LogP contribution < -0.4 is 15.5 Å². The number of piperazine rings is 1. The van der Waals surface area contributed by atoms with Crippen molar-refractivity contribution >= 4 is 28.6 Å². The van der Waals surface area contributed by atoms with Crippen LogP contribution in [0.2, 0.25) is 0 Å². The average Bonchev–Trinajstić information content (AvgIpc) is 3.06. The Kier molecular flexibility index (Phi) is 3.57. The topological polar surface area (TPSA) is 78.2 Å². The van der Waals surface area contributed by atoms with Crippen molar-refractivity contribution in [3.8, 4) is 0 Å². The van der Waals surface area contributed by atoms with Crippen molar-refractivity contribution < 1.29 is 4.79 Å². The first-order chi connectivity index (χ1) is 11.7. The number of aromatic amines is 1. The number of hydrogen-bond donors (Lipinski definition) is 2. The molecule has 4 rings (SSSR count). The van der Waals surface area contributed by atoms with Crippen LogP contribution in [0.15, 0.2) is 48.5 Å². The smallest absolute Gasteiger partial charge is 0.248 e. The Labute approximate surface area is 139 Å². The van der Waals surface area contributed by atoms with E-state index in [2.05, 4.69) is 19.8 Å². The maximum absolute atomic E-state index is 11.2. The van der Waals surface area contributed by atoms with Crippen molar-refractivity contribution in [3.63, 3.8) is 0 Å². The predicted octanol–water partition coefficient (Wildman–Crippen LogP) is 1.99. The first-order valence-corrected chi connectivity index (χ1v) is 8.05. The number of hydrogen-bond acceptors (Lipinski definition) is 4. The first kappa shape index (κ1) is 14.6. The molecule has 1 amide bonds. The van der Waals surface area contributed by atoms with Crippen LogP contribution in [-0.2, 0) is 0 Å². The van der Waals surface area contributed by atoms with Crippen LogP contribution in [0.4, 0.5) is 11.6 Å². The number of carbonyl (C=O) groups is 1. The van der Waals surface area contributed by atoms with Crippen molar-refractivity contribution in [2.45, 2.75) is 0 Å². The van der Waals surface area contributed by atoms with E-state index in [1.165, 1.54) is 0 Å². The minimum atomic E-state index is -0.392. The molecule has 0 atom stereocenters. The van der Waals surface area contributed by atoms with Crippen molar-refractivity contribution in [2.24, 2.45) is 5.73 Å². The third kappa shape index (κ3) is 2.67. The summed E-state index contributed by atoms with van der Waals surface area (Å²) in [5, 5.41) is 0. The number of para-hydroxylation sites is 2. The van der Waals surface area contributed by atoms with E-state index < -0.39 is 5.91 Å². The molecule has 122 valence electrons. The minimum absolute atomic E-state index is 0.392. The lowest BCUT2D eigenvalue weighted by Gasteiger charge is -2.36. The monoisotopic (exact) mass is 321 g/mol. The van der Waals surface area contributed by atoms with Gasteiger partial charge in [0.15, 0.2) is 0 Å². The molecular formula is C18H19N5O. The molecule has 2 heterocycles. The number of amides is 1. The average molecular weight is 321 g/mol. The van der Waals surface area contributed by atoms with Crippen LogP contribution in [0.3, 0.4) is 0 Å². The molecule has 0 saturated carbocycles. The molecule has 6 heteroatoms. The van der Waals surface area contributed by atoms with Crippen molar-refractivity contribution in [2.75, 3.05) is 36.0 Å². The molecule has 0 bridgehead atoms. The summed E-state index contributed by atoms with van der Waals surface area (Å²) < 4.78 is 0. The maximum atomic E-state index is 11.2. The Hall–Kier alpha value is -3.02. The highest BCUT2D eigenvalue weighted by Gasteiger charge is 2.19. The number of benzene rings is 2. The van der Waals surface area contributed by atoms with Crippen molar-refractivity contribution in [1.82, 2.24) is 9.97 Å². The highest BCUT2D eigenvalue weighted by molar-refractivity contribution is 5.93. The van der Waals surface area contributed by atoms with Gasteiger partial charge in [-0.15, -0.1) is 0 Å². The van der Waals surface area contributed by atoms with Crippen LogP contribution >= 0.6 is 0 Å². The molecule has 1 fully saturated rings. The van der Waals surface area contributed by atoms with Gasteiger partial charge in [0.1, 0.15) is 0 Å². The molecule has 1 aliphatic rings. The molecule has 0 unspecified atom stereocenters. The number of nitrogens with two attached hydrogens (primary N) is 1. The van der Waals surface area contributed by atoms with Gasteiger partial charge in [-0.1, -0.05) is 12.1 Å². The quantitative estimate of drug-likeness (QED) is 0.773. The molecule has 2 aromatic carbocycles. The van der Waals surface area contributed by atoms with Crippen LogP contribution in [-0.4, -0.2) is 42.1 Å². The Morgan fingerprint density at radius 2 is 1.62 bits per heavy atom. The summed E-state index contributed by atoms with van der Waals surface area (Å²) in [5.41, 5.74) is 9.01. The summed E-state index contributed by atoms with van der Waals surface area (Å²) in [4.78, 5) is 23.8. The van der Waals surface area contributed by atoms with Crippen LogP contribution in [0.1, 0.15) is 10.4 Å². The van der Waals surface area contributed by atoms with Gasteiger partial charge in [-0.2, -0.15) is 0 Å². The molecular weight excluding hydrogens is 302 g/mol. The van der Waals surface area contributed by atoms with Gasteiger partial charge in [-0.25, -0.2) is 4.98 Å². The number of rotatable bonds is 3. The van der Waals surface area contributed by atoms with E-state index in [1.54, 1.807) is 12.1 Å². The molecule has 1 saturated heterocycles. The zero-order chi connectivity index (χ0) is 16.5. The number of carbonyl (C=O) groups excluding carboxylic acids is 1. The second-order valence-electron chi connectivity index (χ2n) is 5.96. The lowest BCUT2D eigenvalue weighted by atomic mass is 10.1. The standard InChI is InChI=1S/C18H19N5O/c19-17(24)13-5-7-14(8-6-13)22-9-11-23(12-10-22)18-20-15-3-1-2-4-16(15)21-18/h1-8H,9-12H2,(H2,19,24)(H,20,21). The summed E-state index contributed by atoms with van der Waals surface area (Å²) in [6.07, 6.45) is 0. The first-order valence-electron chi connectivity index (χ1n) is 8.05. The van der Waals surface area contributed by atoms with E-state index in [9.17, 15) is 4.79 Å². The zero-order valence-corrected chi connectivity index (χ0v) is 13.3. The van der Waals surface area contributed by atoms with E-state index in [-0.39, 0.29) is 0 Å². The largest absolute Gasteiger partial charge is 0.368 e. The van der Waals surface area contributed by atoms with E-state index in [0.717, 1.165) is 48.8 Å². The van der Waals surface area contributed by atoms with E-state index >= 15 is 0 Å². The summed E-state index contributed by atoms with van der Waals surface area (Å²) in [6.45, 7) is 3.62. The zero-order valence-electron chi connectivity index (χ0n) is 13.3. The molecule has 0 spiro atoms. The van der Waals surface area contributed by atoms with Gasteiger partial charge in [-0.05, 0) is 36.4 Å². The van der Waals surface area contributed by atoms with Gasteiger partial charge in [0.05, 0.1) is 11.0 Å². The summed E-state index contributed by atoms with van der Waals surface area (Å²) in [6, 6.07) is 15.5. The lowest BCUT2D eigenvalue weighted by molar-refractivity contribution is 0.100. The third-order valence-electron chi connectivity index (χ3n) is 4.47.